The van der Waals surface area contributed by atoms with Gasteiger partial charge in [0.15, 0.2) is 31.5 Å². The Balaban J connectivity index is 1.37. The van der Waals surface area contributed by atoms with Crippen LogP contribution in [0.5, 0.6) is 0 Å². The Kier molecular flexibility index (Phi) is 15.5. The summed E-state index contributed by atoms with van der Waals surface area (Å²) in [6.45, 7) is -2.19. The molecule has 322 valence electrons. The highest BCUT2D eigenvalue weighted by atomic mass is 16.8. The van der Waals surface area contributed by atoms with Gasteiger partial charge in [-0.15, -0.1) is 0 Å². The first-order valence-electron chi connectivity index (χ1n) is 17.6. The summed E-state index contributed by atoms with van der Waals surface area (Å²) in [6, 6.07) is -1.66. The lowest BCUT2D eigenvalue weighted by Crippen LogP contribution is -2.69. The molecular formula is C30H53NO24. The molecule has 55 heavy (non-hydrogen) atoms. The predicted molar refractivity (Wildman–Crippen MR) is 167 cm³/mol. The van der Waals surface area contributed by atoms with Crippen molar-refractivity contribution in [1.29, 1.82) is 0 Å². The van der Waals surface area contributed by atoms with Gasteiger partial charge in [-0.3, -0.25) is 0 Å². The zero-order chi connectivity index (χ0) is 40.6. The van der Waals surface area contributed by atoms with Crippen LogP contribution in [0.25, 0.3) is 0 Å². The van der Waals surface area contributed by atoms with Gasteiger partial charge in [0.25, 0.3) is 0 Å². The van der Waals surface area contributed by atoms with Gasteiger partial charge in [0.05, 0.1) is 38.6 Å². The molecule has 15 unspecified atom stereocenters. The largest absolute Gasteiger partial charge is 0.394 e. The third-order valence-corrected chi connectivity index (χ3v) is 10.4. The van der Waals surface area contributed by atoms with Gasteiger partial charge in [0, 0.05) is 0 Å². The number of nitrogens with two attached hydrogens (primary N) is 1. The van der Waals surface area contributed by atoms with Crippen LogP contribution in [0, 0.1) is 0 Å². The van der Waals surface area contributed by atoms with Crippen LogP contribution >= 0.6 is 0 Å². The Hall–Kier alpha value is -1.00. The van der Waals surface area contributed by atoms with Crippen molar-refractivity contribution in [2.24, 2.45) is 5.73 Å². The summed E-state index contributed by atoms with van der Waals surface area (Å²) >= 11 is 0. The van der Waals surface area contributed by atoms with E-state index >= 15 is 0 Å². The molecule has 5 fully saturated rings. The maximum Gasteiger partial charge on any atom is 0.187 e. The lowest BCUT2D eigenvalue weighted by Gasteiger charge is -2.50. The molecule has 5 rings (SSSR count). The van der Waals surface area contributed by atoms with Gasteiger partial charge in [-0.05, 0) is 6.92 Å². The fourth-order valence-corrected chi connectivity index (χ4v) is 7.00. The zero-order valence-corrected chi connectivity index (χ0v) is 29.2. The highest BCUT2D eigenvalue weighted by Gasteiger charge is 2.56. The summed E-state index contributed by atoms with van der Waals surface area (Å²) in [5, 5.41) is 156. The van der Waals surface area contributed by atoms with E-state index in [-0.39, 0.29) is 0 Å². The SMILES string of the molecule is CC1O[C@@H](OC2C(O)[C@@H](O)C(CO)O[C@H]2OC2C(N)[C@H](OC3C(O)[C@H](O[C@H]4C(CO)O[C@@H](O)C(O)C4O)OC(CO)[C@@H]3O)OC(CO)[C@@H]2O)C(O)C(O)[C@H]1O. The van der Waals surface area contributed by atoms with Crippen LogP contribution in [0.4, 0.5) is 0 Å². The minimum atomic E-state index is -2.04. The molecule has 25 atom stereocenters. The second-order valence-corrected chi connectivity index (χ2v) is 14.0. The maximum atomic E-state index is 11.3. The minimum absolute atomic E-state index is 0.846. The predicted octanol–water partition coefficient (Wildman–Crippen LogP) is -10.9. The highest BCUT2D eigenvalue weighted by Crippen LogP contribution is 2.35. The minimum Gasteiger partial charge on any atom is -0.394 e. The summed E-state index contributed by atoms with van der Waals surface area (Å²) in [7, 11) is 0. The van der Waals surface area contributed by atoms with E-state index in [1.165, 1.54) is 6.92 Å². The molecule has 0 amide bonds. The van der Waals surface area contributed by atoms with Gasteiger partial charge in [-0.2, -0.15) is 0 Å². The molecule has 5 heterocycles. The molecule has 5 saturated heterocycles. The number of aliphatic hydroxyl groups is 15. The number of hydrogen-bond acceptors (Lipinski definition) is 25. The number of rotatable bonds is 12. The molecule has 0 aromatic heterocycles. The van der Waals surface area contributed by atoms with Gasteiger partial charge >= 0.3 is 0 Å². The molecule has 0 aromatic rings. The van der Waals surface area contributed by atoms with Crippen LogP contribution in [-0.2, 0) is 42.6 Å². The third kappa shape index (κ3) is 9.11. The molecule has 25 nitrogen and oxygen atoms in total. The molecule has 0 aromatic carbocycles. The van der Waals surface area contributed by atoms with E-state index in [2.05, 4.69) is 0 Å². The Morgan fingerprint density at radius 2 is 0.836 bits per heavy atom. The second-order valence-electron chi connectivity index (χ2n) is 14.0. The molecule has 17 N–H and O–H groups in total. The first kappa shape index (κ1) is 45.1. The summed E-state index contributed by atoms with van der Waals surface area (Å²) in [4.78, 5) is 0. The lowest BCUT2D eigenvalue weighted by molar-refractivity contribution is -0.389. The molecule has 0 spiro atoms. The zero-order valence-electron chi connectivity index (χ0n) is 29.2. The summed E-state index contributed by atoms with van der Waals surface area (Å²) < 4.78 is 50.3. The Morgan fingerprint density at radius 1 is 0.382 bits per heavy atom. The van der Waals surface area contributed by atoms with Crippen molar-refractivity contribution in [3.63, 3.8) is 0 Å². The van der Waals surface area contributed by atoms with Gasteiger partial charge in [-0.25, -0.2) is 0 Å². The summed E-state index contributed by atoms with van der Waals surface area (Å²) in [6.07, 6.45) is -42.1. The van der Waals surface area contributed by atoms with Crippen LogP contribution in [0.1, 0.15) is 6.92 Å². The van der Waals surface area contributed by atoms with Crippen molar-refractivity contribution in [3.05, 3.63) is 0 Å². The Bertz CT molecular complexity index is 1200. The standard InChI is InChI=1S/C30H53NO24/c1-6-12(36)16(40)20(44)28(47-6)55-25-17(41)13(37)7(2-32)51-30(25)53-23-11(31)27(49-8(3-33)14(23)38)54-24-15(39)9(4-34)50-29(21(24)45)52-22-10(5-35)48-26(46)19(43)18(22)42/h6-30,32-46H,2-5,31H2,1H3/t6?,7?,8?,9?,10?,11?,12-,13-,14-,15-,16?,17?,18?,19?,20?,21?,22-,23?,24?,25?,26+,27-,28-,29-,30-/m0/s1. The van der Waals surface area contributed by atoms with Crippen molar-refractivity contribution < 1.29 is 119 Å². The first-order valence-corrected chi connectivity index (χ1v) is 17.6. The van der Waals surface area contributed by atoms with E-state index < -0.39 is 180 Å². The van der Waals surface area contributed by atoms with Gasteiger partial charge in [0.2, 0.25) is 0 Å². The quantitative estimate of drug-likeness (QED) is 0.0870. The Morgan fingerprint density at radius 3 is 1.44 bits per heavy atom. The Labute approximate surface area is 312 Å². The van der Waals surface area contributed by atoms with E-state index in [0.717, 1.165) is 0 Å². The maximum absolute atomic E-state index is 11.3. The van der Waals surface area contributed by atoms with E-state index in [1.54, 1.807) is 0 Å². The van der Waals surface area contributed by atoms with Crippen molar-refractivity contribution in [2.45, 2.75) is 160 Å². The molecule has 0 aliphatic carbocycles. The normalized spacial score (nSPS) is 53.9. The van der Waals surface area contributed by atoms with Crippen LogP contribution < -0.4 is 5.73 Å². The topological polar surface area (TPSA) is 413 Å². The van der Waals surface area contributed by atoms with E-state index in [0.29, 0.717) is 0 Å². The number of aliphatic hydroxyl groups excluding tert-OH is 15. The fourth-order valence-electron chi connectivity index (χ4n) is 7.00. The van der Waals surface area contributed by atoms with E-state index in [9.17, 15) is 76.6 Å². The smallest absolute Gasteiger partial charge is 0.187 e. The average molecular weight is 812 g/mol. The molecule has 0 radical (unpaired) electrons. The second kappa shape index (κ2) is 18.9. The van der Waals surface area contributed by atoms with Gasteiger partial charge in [0.1, 0.15) is 110 Å². The highest BCUT2D eigenvalue weighted by molar-refractivity contribution is 4.99. The summed E-state index contributed by atoms with van der Waals surface area (Å²) in [5.41, 5.74) is 6.42. The molecule has 5 aliphatic rings. The lowest BCUT2D eigenvalue weighted by atomic mass is 9.94. The van der Waals surface area contributed by atoms with Crippen LogP contribution in [0.2, 0.25) is 0 Å². The van der Waals surface area contributed by atoms with Gasteiger partial charge < -0.3 is 125 Å². The fraction of sp³-hybridized carbons (Fsp3) is 1.00. The first-order chi connectivity index (χ1) is 26.0. The average Bonchev–Trinajstić information content (AvgIpc) is 3.17. The monoisotopic (exact) mass is 811 g/mol. The number of ether oxygens (including phenoxy) is 9. The molecule has 5 aliphatic heterocycles. The molecule has 0 saturated carbocycles. The van der Waals surface area contributed by atoms with Crippen molar-refractivity contribution in [2.75, 3.05) is 26.4 Å². The molecular weight excluding hydrogens is 758 g/mol. The van der Waals surface area contributed by atoms with E-state index in [4.69, 9.17) is 48.4 Å². The van der Waals surface area contributed by atoms with Crippen molar-refractivity contribution >= 4 is 0 Å². The molecule has 25 heteroatoms. The number of hydrogen-bond donors (Lipinski definition) is 16. The van der Waals surface area contributed by atoms with Gasteiger partial charge in [-0.1, -0.05) is 0 Å². The third-order valence-electron chi connectivity index (χ3n) is 10.4. The van der Waals surface area contributed by atoms with Crippen molar-refractivity contribution in [3.8, 4) is 0 Å². The van der Waals surface area contributed by atoms with Crippen molar-refractivity contribution in [1.82, 2.24) is 0 Å². The summed E-state index contributed by atoms with van der Waals surface area (Å²) in [5.74, 6) is 0. The molecule has 0 bridgehead atoms. The van der Waals surface area contributed by atoms with Crippen LogP contribution in [0.15, 0.2) is 0 Å². The van der Waals surface area contributed by atoms with Crippen LogP contribution in [0.3, 0.4) is 0 Å². The van der Waals surface area contributed by atoms with E-state index in [1.807, 2.05) is 0 Å². The van der Waals surface area contributed by atoms with Crippen LogP contribution in [-0.4, -0.2) is 256 Å².